The van der Waals surface area contributed by atoms with Crippen LogP contribution in [0.3, 0.4) is 0 Å². The van der Waals surface area contributed by atoms with Crippen LogP contribution < -0.4 is 5.32 Å². The molecule has 5 nitrogen and oxygen atoms in total. The van der Waals surface area contributed by atoms with Gasteiger partial charge >= 0.3 is 5.69 Å². The Morgan fingerprint density at radius 2 is 2.29 bits per heavy atom. The second-order valence-corrected chi connectivity index (χ2v) is 3.90. The van der Waals surface area contributed by atoms with Crippen molar-refractivity contribution in [1.29, 1.82) is 5.26 Å². The first-order chi connectivity index (χ1) is 8.10. The lowest BCUT2D eigenvalue weighted by Crippen LogP contribution is -2.15. The van der Waals surface area contributed by atoms with E-state index in [1.165, 1.54) is 6.07 Å². The maximum absolute atomic E-state index is 11.0. The fourth-order valence-corrected chi connectivity index (χ4v) is 1.72. The number of nitro benzene ring substituents is 1. The molecule has 0 aromatic heterocycles. The van der Waals surface area contributed by atoms with Crippen LogP contribution in [0.25, 0.3) is 0 Å². The molecule has 1 atom stereocenters. The van der Waals surface area contributed by atoms with Gasteiger partial charge < -0.3 is 5.32 Å². The maximum Gasteiger partial charge on any atom is 0.309 e. The van der Waals surface area contributed by atoms with Crippen LogP contribution in [0.15, 0.2) is 18.2 Å². The topological polar surface area (TPSA) is 79.0 Å². The lowest BCUT2D eigenvalue weighted by atomic mass is 10.1. The summed E-state index contributed by atoms with van der Waals surface area (Å²) in [5, 5.41) is 22.9. The van der Waals surface area contributed by atoms with E-state index in [0.29, 0.717) is 5.69 Å². The van der Waals surface area contributed by atoms with Gasteiger partial charge in [-0.2, -0.15) is 5.26 Å². The summed E-state index contributed by atoms with van der Waals surface area (Å²) in [6, 6.07) is 6.71. The number of nitrogens with one attached hydrogen (secondary N) is 1. The van der Waals surface area contributed by atoms with Crippen molar-refractivity contribution in [2.45, 2.75) is 32.7 Å². The highest BCUT2D eigenvalue weighted by molar-refractivity contribution is 5.68. The smallest absolute Gasteiger partial charge is 0.309 e. The average molecular weight is 233 g/mol. The Hall–Kier alpha value is -2.09. The highest BCUT2D eigenvalue weighted by Gasteiger charge is 2.20. The van der Waals surface area contributed by atoms with E-state index in [4.69, 9.17) is 5.26 Å². The zero-order chi connectivity index (χ0) is 12.8. The van der Waals surface area contributed by atoms with E-state index in [2.05, 4.69) is 12.2 Å². The zero-order valence-corrected chi connectivity index (χ0v) is 9.93. The van der Waals surface area contributed by atoms with Gasteiger partial charge in [-0.05, 0) is 25.5 Å². The molecule has 17 heavy (non-hydrogen) atoms. The first-order valence-corrected chi connectivity index (χ1v) is 5.54. The molecule has 0 spiro atoms. The number of rotatable bonds is 5. The van der Waals surface area contributed by atoms with Gasteiger partial charge in [-0.15, -0.1) is 0 Å². The molecule has 0 heterocycles. The number of hydrogen-bond acceptors (Lipinski definition) is 4. The van der Waals surface area contributed by atoms with Gasteiger partial charge in [0.05, 0.1) is 4.92 Å². The lowest BCUT2D eigenvalue weighted by Gasteiger charge is -2.14. The van der Waals surface area contributed by atoms with Crippen molar-refractivity contribution in [3.63, 3.8) is 0 Å². The van der Waals surface area contributed by atoms with Gasteiger partial charge in [-0.3, -0.25) is 10.1 Å². The van der Waals surface area contributed by atoms with Gasteiger partial charge in [0.15, 0.2) is 0 Å². The molecule has 0 aliphatic rings. The van der Waals surface area contributed by atoms with Crippen LogP contribution in [0.2, 0.25) is 0 Å². The van der Waals surface area contributed by atoms with Gasteiger partial charge in [0.1, 0.15) is 17.3 Å². The number of nitro groups is 1. The molecular weight excluding hydrogens is 218 g/mol. The standard InChI is InChI=1S/C12H15N3O2/c1-3-5-9(2)14-11-7-4-6-10(8-13)12(11)15(16)17/h4,6-7,9,14H,3,5H2,1-2H3. The van der Waals surface area contributed by atoms with Crippen LogP contribution in [-0.4, -0.2) is 11.0 Å². The summed E-state index contributed by atoms with van der Waals surface area (Å²) in [6.45, 7) is 4.02. The number of nitrogens with zero attached hydrogens (tertiary/aromatic N) is 2. The molecule has 1 rings (SSSR count). The quantitative estimate of drug-likeness (QED) is 0.626. The van der Waals surface area contributed by atoms with E-state index in [0.717, 1.165) is 12.8 Å². The summed E-state index contributed by atoms with van der Waals surface area (Å²) in [5.41, 5.74) is 0.358. The van der Waals surface area contributed by atoms with Gasteiger partial charge in [0.25, 0.3) is 0 Å². The van der Waals surface area contributed by atoms with E-state index in [9.17, 15) is 10.1 Å². The third-order valence-electron chi connectivity index (χ3n) is 2.46. The van der Waals surface area contributed by atoms with Crippen LogP contribution in [0, 0.1) is 21.4 Å². The van der Waals surface area contributed by atoms with Crippen molar-refractivity contribution in [2.75, 3.05) is 5.32 Å². The molecule has 0 fully saturated rings. The molecular formula is C12H15N3O2. The summed E-state index contributed by atoms with van der Waals surface area (Å²) >= 11 is 0. The van der Waals surface area contributed by atoms with E-state index < -0.39 is 4.92 Å². The van der Waals surface area contributed by atoms with E-state index in [1.54, 1.807) is 12.1 Å². The van der Waals surface area contributed by atoms with Crippen LogP contribution in [0.5, 0.6) is 0 Å². The first kappa shape index (κ1) is 13.0. The minimum Gasteiger partial charge on any atom is -0.377 e. The predicted octanol–water partition coefficient (Wildman–Crippen LogP) is 3.07. The highest BCUT2D eigenvalue weighted by Crippen LogP contribution is 2.28. The monoisotopic (exact) mass is 233 g/mol. The fourth-order valence-electron chi connectivity index (χ4n) is 1.72. The number of nitriles is 1. The normalized spacial score (nSPS) is 11.6. The zero-order valence-electron chi connectivity index (χ0n) is 9.93. The molecule has 0 amide bonds. The average Bonchev–Trinajstić information content (AvgIpc) is 2.28. The molecule has 1 aromatic carbocycles. The van der Waals surface area contributed by atoms with Crippen LogP contribution >= 0.6 is 0 Å². The second kappa shape index (κ2) is 5.85. The summed E-state index contributed by atoms with van der Waals surface area (Å²) in [5.74, 6) is 0. The second-order valence-electron chi connectivity index (χ2n) is 3.90. The van der Waals surface area contributed by atoms with Crippen LogP contribution in [-0.2, 0) is 0 Å². The van der Waals surface area contributed by atoms with Gasteiger partial charge in [-0.25, -0.2) is 0 Å². The molecule has 0 aliphatic heterocycles. The van der Waals surface area contributed by atoms with Gasteiger partial charge in [0.2, 0.25) is 0 Å². The molecule has 0 bridgehead atoms. The van der Waals surface area contributed by atoms with E-state index in [1.807, 2.05) is 13.0 Å². The SMILES string of the molecule is CCCC(C)Nc1cccc(C#N)c1[N+](=O)[O-]. The minimum atomic E-state index is -0.514. The van der Waals surface area contributed by atoms with Crippen LogP contribution in [0.4, 0.5) is 11.4 Å². The molecule has 0 saturated heterocycles. The summed E-state index contributed by atoms with van der Waals surface area (Å²) < 4.78 is 0. The van der Waals surface area contributed by atoms with Crippen molar-refractivity contribution < 1.29 is 4.92 Å². The van der Waals surface area contributed by atoms with Crippen molar-refractivity contribution in [3.8, 4) is 6.07 Å². The van der Waals surface area contributed by atoms with E-state index in [-0.39, 0.29) is 17.3 Å². The van der Waals surface area contributed by atoms with Crippen molar-refractivity contribution >= 4 is 11.4 Å². The number of hydrogen-bond donors (Lipinski definition) is 1. The summed E-state index contributed by atoms with van der Waals surface area (Å²) in [6.07, 6.45) is 1.92. The third-order valence-corrected chi connectivity index (χ3v) is 2.46. The third kappa shape index (κ3) is 3.18. The van der Waals surface area contributed by atoms with Crippen LogP contribution in [0.1, 0.15) is 32.3 Å². The minimum absolute atomic E-state index is 0.0868. The Labute approximate surface area is 100 Å². The Kier molecular flexibility index (Phi) is 4.46. The van der Waals surface area contributed by atoms with Crippen molar-refractivity contribution in [3.05, 3.63) is 33.9 Å². The Bertz CT molecular complexity index is 452. The molecule has 1 N–H and O–H groups in total. The highest BCUT2D eigenvalue weighted by atomic mass is 16.6. The molecule has 1 aromatic rings. The predicted molar refractivity (Wildman–Crippen MR) is 65.8 cm³/mol. The van der Waals surface area contributed by atoms with Crippen molar-refractivity contribution in [2.24, 2.45) is 0 Å². The number of benzene rings is 1. The molecule has 1 unspecified atom stereocenters. The first-order valence-electron chi connectivity index (χ1n) is 5.54. The largest absolute Gasteiger partial charge is 0.377 e. The lowest BCUT2D eigenvalue weighted by molar-refractivity contribution is -0.384. The number of para-hydroxylation sites is 1. The van der Waals surface area contributed by atoms with E-state index >= 15 is 0 Å². The molecule has 0 aliphatic carbocycles. The number of anilines is 1. The Balaban J connectivity index is 3.07. The fraction of sp³-hybridized carbons (Fsp3) is 0.417. The molecule has 0 saturated carbocycles. The molecule has 5 heteroatoms. The summed E-state index contributed by atoms with van der Waals surface area (Å²) in [7, 11) is 0. The van der Waals surface area contributed by atoms with Gasteiger partial charge in [-0.1, -0.05) is 19.4 Å². The van der Waals surface area contributed by atoms with Gasteiger partial charge in [0, 0.05) is 6.04 Å². The maximum atomic E-state index is 11.0. The van der Waals surface area contributed by atoms with Crippen molar-refractivity contribution in [1.82, 2.24) is 0 Å². The Morgan fingerprint density at radius 1 is 1.59 bits per heavy atom. The summed E-state index contributed by atoms with van der Waals surface area (Å²) in [4.78, 5) is 10.4. The molecule has 0 radical (unpaired) electrons. The molecule has 90 valence electrons. The Morgan fingerprint density at radius 3 is 2.82 bits per heavy atom.